The maximum absolute atomic E-state index is 11.3. The van der Waals surface area contributed by atoms with Crippen LogP contribution in [0.2, 0.25) is 0 Å². The number of halogens is 1. The zero-order valence-electron chi connectivity index (χ0n) is 7.32. The first-order valence-electron chi connectivity index (χ1n) is 3.66. The van der Waals surface area contributed by atoms with Crippen LogP contribution >= 0.6 is 15.9 Å². The fraction of sp³-hybridized carbons (Fsp3) is 0.125. The molecule has 1 aromatic rings. The largest absolute Gasteiger partial charge is 0.268 e. The van der Waals surface area contributed by atoms with Crippen LogP contribution in [0, 0.1) is 0 Å². The molecule has 0 fully saturated rings. The van der Waals surface area contributed by atoms with Crippen molar-refractivity contribution in [1.29, 1.82) is 0 Å². The number of carbonyl (C=O) groups excluding carboxylic acids is 1. The molecule has 0 aliphatic rings. The average molecular weight is 278 g/mol. The number of amides is 1. The molecule has 0 aliphatic carbocycles. The van der Waals surface area contributed by atoms with E-state index in [4.69, 9.17) is 0 Å². The van der Waals surface area contributed by atoms with Gasteiger partial charge in [0.1, 0.15) is 0 Å². The van der Waals surface area contributed by atoms with E-state index in [2.05, 4.69) is 15.9 Å². The van der Waals surface area contributed by atoms with E-state index in [0.717, 1.165) is 10.7 Å². The molecule has 0 bridgehead atoms. The zero-order chi connectivity index (χ0) is 10.8. The van der Waals surface area contributed by atoms with E-state index in [1.165, 1.54) is 12.1 Å². The second-order valence-electron chi connectivity index (χ2n) is 2.71. The molecule has 6 heteroatoms. The van der Waals surface area contributed by atoms with E-state index >= 15 is 0 Å². The van der Waals surface area contributed by atoms with Gasteiger partial charge in [0, 0.05) is 10.0 Å². The minimum Gasteiger partial charge on any atom is -0.268 e. The molecule has 0 heterocycles. The average Bonchev–Trinajstić information content (AvgIpc) is 2.02. The second kappa shape index (κ2) is 4.10. The Labute approximate surface area is 90.5 Å². The van der Waals surface area contributed by atoms with Gasteiger partial charge in [-0.1, -0.05) is 15.9 Å². The third kappa shape index (κ3) is 3.47. The summed E-state index contributed by atoms with van der Waals surface area (Å²) in [6, 6.07) is 6.39. The highest BCUT2D eigenvalue weighted by molar-refractivity contribution is 9.10. The zero-order valence-corrected chi connectivity index (χ0v) is 9.72. The number of hydrogen-bond acceptors (Lipinski definition) is 3. The van der Waals surface area contributed by atoms with Crippen molar-refractivity contribution in [2.24, 2.45) is 0 Å². The molecule has 4 nitrogen and oxygen atoms in total. The van der Waals surface area contributed by atoms with Crippen LogP contribution in [-0.4, -0.2) is 20.6 Å². The van der Waals surface area contributed by atoms with Crippen molar-refractivity contribution in [2.75, 3.05) is 6.26 Å². The van der Waals surface area contributed by atoms with Crippen LogP contribution in [-0.2, 0) is 10.0 Å². The van der Waals surface area contributed by atoms with Crippen molar-refractivity contribution < 1.29 is 13.2 Å². The van der Waals surface area contributed by atoms with E-state index in [1.54, 1.807) is 12.1 Å². The summed E-state index contributed by atoms with van der Waals surface area (Å²) < 4.78 is 24.2. The molecule has 1 rings (SSSR count). The monoisotopic (exact) mass is 277 g/mol. The van der Waals surface area contributed by atoms with Gasteiger partial charge < -0.3 is 0 Å². The molecule has 0 saturated heterocycles. The number of carbonyl (C=O) groups is 1. The Bertz CT molecular complexity index is 438. The number of nitrogens with one attached hydrogen (secondary N) is 1. The van der Waals surface area contributed by atoms with Gasteiger partial charge in [-0.05, 0) is 24.3 Å². The molecule has 76 valence electrons. The van der Waals surface area contributed by atoms with Crippen molar-refractivity contribution in [1.82, 2.24) is 4.72 Å². The van der Waals surface area contributed by atoms with Crippen LogP contribution in [0.1, 0.15) is 10.4 Å². The lowest BCUT2D eigenvalue weighted by Gasteiger charge is -2.01. The highest BCUT2D eigenvalue weighted by Crippen LogP contribution is 2.10. The Kier molecular flexibility index (Phi) is 3.28. The fourth-order valence-corrected chi connectivity index (χ4v) is 1.55. The summed E-state index contributed by atoms with van der Waals surface area (Å²) in [6.45, 7) is 0. The number of rotatable bonds is 2. The third-order valence-corrected chi connectivity index (χ3v) is 2.47. The molecule has 14 heavy (non-hydrogen) atoms. The third-order valence-electron chi connectivity index (χ3n) is 1.38. The Hall–Kier alpha value is -0.880. The number of hydrogen-bond donors (Lipinski definition) is 1. The van der Waals surface area contributed by atoms with Gasteiger partial charge in [-0.2, -0.15) is 0 Å². The van der Waals surface area contributed by atoms with Crippen molar-refractivity contribution in [3.63, 3.8) is 0 Å². The molecule has 0 saturated carbocycles. The molecule has 0 aliphatic heterocycles. The summed E-state index contributed by atoms with van der Waals surface area (Å²) in [5.41, 5.74) is 0.304. The van der Waals surface area contributed by atoms with Crippen LogP contribution in [0.5, 0.6) is 0 Å². The molecule has 0 aromatic heterocycles. The summed E-state index contributed by atoms with van der Waals surface area (Å²) in [7, 11) is -3.49. The lowest BCUT2D eigenvalue weighted by Crippen LogP contribution is -2.29. The quantitative estimate of drug-likeness (QED) is 0.882. The van der Waals surface area contributed by atoms with Crippen LogP contribution in [0.25, 0.3) is 0 Å². The van der Waals surface area contributed by atoms with E-state index in [-0.39, 0.29) is 0 Å². The molecule has 0 atom stereocenters. The number of sulfonamides is 1. The predicted octanol–water partition coefficient (Wildman–Crippen LogP) is 1.14. The minimum atomic E-state index is -3.49. The van der Waals surface area contributed by atoms with Gasteiger partial charge in [0.05, 0.1) is 6.26 Å². The lowest BCUT2D eigenvalue weighted by molar-refractivity contribution is 0.0981. The Morgan fingerprint density at radius 1 is 1.29 bits per heavy atom. The summed E-state index contributed by atoms with van der Waals surface area (Å²) in [5, 5.41) is 0. The van der Waals surface area contributed by atoms with Crippen LogP contribution in [0.15, 0.2) is 28.7 Å². The van der Waals surface area contributed by atoms with Gasteiger partial charge >= 0.3 is 0 Å². The first kappa shape index (κ1) is 11.2. The van der Waals surface area contributed by atoms with Gasteiger partial charge in [-0.15, -0.1) is 0 Å². The highest BCUT2D eigenvalue weighted by atomic mass is 79.9. The van der Waals surface area contributed by atoms with Crippen molar-refractivity contribution >= 4 is 31.9 Å². The molecular weight excluding hydrogens is 270 g/mol. The standard InChI is InChI=1S/C8H8BrNO3S/c1-14(12,13)10-8(11)6-2-4-7(9)5-3-6/h2-5H,1H3,(H,10,11). The van der Waals surface area contributed by atoms with E-state index in [9.17, 15) is 13.2 Å². The summed E-state index contributed by atoms with van der Waals surface area (Å²) >= 11 is 3.21. The fourth-order valence-electron chi connectivity index (χ4n) is 0.829. The lowest BCUT2D eigenvalue weighted by atomic mass is 10.2. The SMILES string of the molecule is CS(=O)(=O)NC(=O)c1ccc(Br)cc1. The number of benzene rings is 1. The van der Waals surface area contributed by atoms with Gasteiger partial charge in [-0.25, -0.2) is 13.1 Å². The topological polar surface area (TPSA) is 63.2 Å². The smallest absolute Gasteiger partial charge is 0.264 e. The van der Waals surface area contributed by atoms with Crippen molar-refractivity contribution in [3.8, 4) is 0 Å². The Morgan fingerprint density at radius 2 is 1.79 bits per heavy atom. The van der Waals surface area contributed by atoms with Crippen LogP contribution < -0.4 is 4.72 Å². The van der Waals surface area contributed by atoms with E-state index in [0.29, 0.717) is 5.56 Å². The first-order chi connectivity index (χ1) is 6.38. The molecule has 0 spiro atoms. The summed E-state index contributed by atoms with van der Waals surface area (Å²) in [4.78, 5) is 11.3. The molecule has 1 N–H and O–H groups in total. The van der Waals surface area contributed by atoms with Gasteiger partial charge in [-0.3, -0.25) is 4.79 Å². The normalized spacial score (nSPS) is 11.0. The van der Waals surface area contributed by atoms with E-state index in [1.807, 2.05) is 4.72 Å². The Morgan fingerprint density at radius 3 is 2.21 bits per heavy atom. The maximum atomic E-state index is 11.3. The van der Waals surface area contributed by atoms with Crippen molar-refractivity contribution in [3.05, 3.63) is 34.3 Å². The Balaban J connectivity index is 2.86. The first-order valence-corrected chi connectivity index (χ1v) is 6.34. The molecule has 0 unspecified atom stereocenters. The summed E-state index contributed by atoms with van der Waals surface area (Å²) in [6.07, 6.45) is 0.934. The van der Waals surface area contributed by atoms with Crippen molar-refractivity contribution in [2.45, 2.75) is 0 Å². The maximum Gasteiger partial charge on any atom is 0.264 e. The molecular formula is C8H8BrNO3S. The highest BCUT2D eigenvalue weighted by Gasteiger charge is 2.09. The predicted molar refractivity (Wildman–Crippen MR) is 56.5 cm³/mol. The second-order valence-corrected chi connectivity index (χ2v) is 5.37. The van der Waals surface area contributed by atoms with E-state index < -0.39 is 15.9 Å². The van der Waals surface area contributed by atoms with Crippen LogP contribution in [0.4, 0.5) is 0 Å². The van der Waals surface area contributed by atoms with Crippen LogP contribution in [0.3, 0.4) is 0 Å². The van der Waals surface area contributed by atoms with Gasteiger partial charge in [0.2, 0.25) is 10.0 Å². The molecule has 1 aromatic carbocycles. The summed E-state index contributed by atoms with van der Waals surface area (Å²) in [5.74, 6) is -0.625. The molecule has 1 amide bonds. The molecule has 0 radical (unpaired) electrons. The minimum absolute atomic E-state index is 0.304. The van der Waals surface area contributed by atoms with Gasteiger partial charge in [0.25, 0.3) is 5.91 Å². The van der Waals surface area contributed by atoms with Gasteiger partial charge in [0.15, 0.2) is 0 Å².